The van der Waals surface area contributed by atoms with Crippen LogP contribution >= 0.6 is 0 Å². The lowest BCUT2D eigenvalue weighted by molar-refractivity contribution is 0.0830. The Balaban J connectivity index is 2.07. The van der Waals surface area contributed by atoms with Crippen molar-refractivity contribution in [2.24, 2.45) is 5.41 Å². The summed E-state index contributed by atoms with van der Waals surface area (Å²) in [6.07, 6.45) is 4.76. The summed E-state index contributed by atoms with van der Waals surface area (Å²) in [5.41, 5.74) is 1.41. The van der Waals surface area contributed by atoms with Crippen molar-refractivity contribution in [1.82, 2.24) is 10.3 Å². The molecule has 1 aliphatic carbocycles. The maximum absolute atomic E-state index is 12.1. The molecule has 0 saturated heterocycles. The van der Waals surface area contributed by atoms with E-state index in [1.807, 2.05) is 13.8 Å². The zero-order valence-corrected chi connectivity index (χ0v) is 10.4. The molecule has 1 amide bonds. The normalized spacial score (nSPS) is 28.3. The van der Waals surface area contributed by atoms with Crippen molar-refractivity contribution in [3.05, 3.63) is 23.5 Å². The number of H-pyrrole nitrogens is 1. The van der Waals surface area contributed by atoms with Crippen LogP contribution in [0.1, 0.15) is 42.2 Å². The quantitative estimate of drug-likeness (QED) is 0.746. The van der Waals surface area contributed by atoms with E-state index in [0.29, 0.717) is 5.56 Å². The Morgan fingerprint density at radius 3 is 3.06 bits per heavy atom. The van der Waals surface area contributed by atoms with Gasteiger partial charge in [0.25, 0.3) is 5.91 Å². The Kier molecular flexibility index (Phi) is 3.24. The van der Waals surface area contributed by atoms with Gasteiger partial charge in [0.15, 0.2) is 0 Å². The molecule has 0 radical (unpaired) electrons. The number of aryl methyl sites for hydroxylation is 1. The summed E-state index contributed by atoms with van der Waals surface area (Å²) in [6, 6.07) is 1.87. The second-order valence-electron chi connectivity index (χ2n) is 5.25. The molecular formula is C13H20N2O2. The van der Waals surface area contributed by atoms with Gasteiger partial charge in [-0.05, 0) is 25.8 Å². The van der Waals surface area contributed by atoms with E-state index >= 15 is 0 Å². The van der Waals surface area contributed by atoms with E-state index in [0.717, 1.165) is 25.0 Å². The molecule has 1 aliphatic rings. The van der Waals surface area contributed by atoms with Crippen LogP contribution in [0.15, 0.2) is 12.3 Å². The molecule has 1 aromatic heterocycles. The highest BCUT2D eigenvalue weighted by molar-refractivity contribution is 5.95. The highest BCUT2D eigenvalue weighted by Gasteiger charge is 2.39. The minimum atomic E-state index is -0.167. The highest BCUT2D eigenvalue weighted by Crippen LogP contribution is 2.37. The van der Waals surface area contributed by atoms with Crippen molar-refractivity contribution in [1.29, 1.82) is 0 Å². The van der Waals surface area contributed by atoms with Gasteiger partial charge in [-0.25, -0.2) is 0 Å². The number of hydrogen-bond donors (Lipinski definition) is 3. The molecule has 0 spiro atoms. The summed E-state index contributed by atoms with van der Waals surface area (Å²) in [7, 11) is 0. The zero-order valence-electron chi connectivity index (χ0n) is 10.4. The van der Waals surface area contributed by atoms with E-state index < -0.39 is 0 Å². The molecule has 17 heavy (non-hydrogen) atoms. The van der Waals surface area contributed by atoms with Crippen molar-refractivity contribution in [3.8, 4) is 0 Å². The minimum Gasteiger partial charge on any atom is -0.396 e. The third kappa shape index (κ3) is 2.22. The average molecular weight is 236 g/mol. The molecule has 4 nitrogen and oxygen atoms in total. The first-order valence-electron chi connectivity index (χ1n) is 6.12. The van der Waals surface area contributed by atoms with Crippen LogP contribution in [0.4, 0.5) is 0 Å². The van der Waals surface area contributed by atoms with Crippen LogP contribution in [0.25, 0.3) is 0 Å². The van der Waals surface area contributed by atoms with Crippen molar-refractivity contribution < 1.29 is 9.90 Å². The molecule has 1 fully saturated rings. The van der Waals surface area contributed by atoms with E-state index in [-0.39, 0.29) is 24.0 Å². The van der Waals surface area contributed by atoms with E-state index in [4.69, 9.17) is 0 Å². The first-order chi connectivity index (χ1) is 8.07. The molecule has 1 saturated carbocycles. The lowest BCUT2D eigenvalue weighted by Gasteiger charge is -2.30. The number of rotatable bonds is 3. The van der Waals surface area contributed by atoms with E-state index in [2.05, 4.69) is 10.3 Å². The molecule has 0 unspecified atom stereocenters. The molecule has 0 bridgehead atoms. The molecule has 2 rings (SSSR count). The Hall–Kier alpha value is -1.29. The predicted octanol–water partition coefficient (Wildman–Crippen LogP) is 1.60. The van der Waals surface area contributed by atoms with Crippen molar-refractivity contribution in [2.45, 2.75) is 39.2 Å². The van der Waals surface area contributed by atoms with Gasteiger partial charge in [0.2, 0.25) is 0 Å². The smallest absolute Gasteiger partial charge is 0.253 e. The number of aliphatic hydroxyl groups excluding tert-OH is 1. The van der Waals surface area contributed by atoms with Crippen molar-refractivity contribution in [3.63, 3.8) is 0 Å². The summed E-state index contributed by atoms with van der Waals surface area (Å²) in [4.78, 5) is 15.1. The largest absolute Gasteiger partial charge is 0.396 e. The third-order valence-electron chi connectivity index (χ3n) is 3.95. The number of aromatic amines is 1. The lowest BCUT2D eigenvalue weighted by Crippen LogP contribution is -2.44. The monoisotopic (exact) mass is 236 g/mol. The number of amides is 1. The maximum atomic E-state index is 12.1. The van der Waals surface area contributed by atoms with Crippen molar-refractivity contribution >= 4 is 5.91 Å². The second kappa shape index (κ2) is 4.53. The summed E-state index contributed by atoms with van der Waals surface area (Å²) in [5.74, 6) is -0.0460. The van der Waals surface area contributed by atoms with Crippen LogP contribution in [0.3, 0.4) is 0 Å². The van der Waals surface area contributed by atoms with Gasteiger partial charge in [-0.2, -0.15) is 0 Å². The number of hydrogen-bond acceptors (Lipinski definition) is 2. The van der Waals surface area contributed by atoms with Gasteiger partial charge in [0.05, 0.1) is 12.2 Å². The second-order valence-corrected chi connectivity index (χ2v) is 5.25. The first kappa shape index (κ1) is 12.2. The van der Waals surface area contributed by atoms with E-state index in [9.17, 15) is 9.90 Å². The van der Waals surface area contributed by atoms with Crippen molar-refractivity contribution in [2.75, 3.05) is 6.61 Å². The first-order valence-corrected chi connectivity index (χ1v) is 6.12. The lowest BCUT2D eigenvalue weighted by atomic mass is 9.85. The highest BCUT2D eigenvalue weighted by atomic mass is 16.3. The molecule has 1 heterocycles. The Labute approximate surface area is 101 Å². The Bertz CT molecular complexity index is 413. The fourth-order valence-corrected chi connectivity index (χ4v) is 2.60. The van der Waals surface area contributed by atoms with Gasteiger partial charge in [0.1, 0.15) is 0 Å². The van der Waals surface area contributed by atoms with Gasteiger partial charge in [-0.15, -0.1) is 0 Å². The average Bonchev–Trinajstić information content (AvgIpc) is 2.87. The predicted molar refractivity (Wildman–Crippen MR) is 65.8 cm³/mol. The number of carbonyl (C=O) groups is 1. The van der Waals surface area contributed by atoms with Crippen LogP contribution in [-0.4, -0.2) is 28.6 Å². The fraction of sp³-hybridized carbons (Fsp3) is 0.615. The Morgan fingerprint density at radius 1 is 1.71 bits per heavy atom. The van der Waals surface area contributed by atoms with Crippen LogP contribution in [-0.2, 0) is 0 Å². The topological polar surface area (TPSA) is 65.1 Å². The van der Waals surface area contributed by atoms with Crippen LogP contribution in [0, 0.1) is 12.3 Å². The molecule has 0 aromatic carbocycles. The standard InChI is InChI=1S/C13H20N2O2/c1-9-10(5-7-14-9)12(17)15-11-4-3-6-13(11,2)8-16/h5,7,11,14,16H,3-4,6,8H2,1-2H3,(H,15,17)/t11-,13+/m1/s1. The molecule has 4 heteroatoms. The zero-order chi connectivity index (χ0) is 12.5. The van der Waals surface area contributed by atoms with E-state index in [1.54, 1.807) is 12.3 Å². The van der Waals surface area contributed by atoms with Crippen LogP contribution in [0.5, 0.6) is 0 Å². The maximum Gasteiger partial charge on any atom is 0.253 e. The van der Waals surface area contributed by atoms with Gasteiger partial charge in [-0.1, -0.05) is 13.3 Å². The SMILES string of the molecule is Cc1[nH]ccc1C(=O)N[C@@H]1CCC[C@@]1(C)CO. The third-order valence-corrected chi connectivity index (χ3v) is 3.95. The molecule has 1 aromatic rings. The van der Waals surface area contributed by atoms with Crippen LogP contribution < -0.4 is 5.32 Å². The molecule has 2 atom stereocenters. The van der Waals surface area contributed by atoms with Gasteiger partial charge >= 0.3 is 0 Å². The molecule has 0 aliphatic heterocycles. The number of carbonyl (C=O) groups excluding carboxylic acids is 1. The van der Waals surface area contributed by atoms with E-state index in [1.165, 1.54) is 0 Å². The summed E-state index contributed by atoms with van der Waals surface area (Å²) in [6.45, 7) is 4.05. The number of nitrogens with one attached hydrogen (secondary N) is 2. The van der Waals surface area contributed by atoms with Gasteiger partial charge in [-0.3, -0.25) is 4.79 Å². The molecule has 94 valence electrons. The van der Waals surface area contributed by atoms with Gasteiger partial charge in [0, 0.05) is 23.3 Å². The summed E-state index contributed by atoms with van der Waals surface area (Å²) >= 11 is 0. The molecular weight excluding hydrogens is 216 g/mol. The minimum absolute atomic E-state index is 0.0460. The summed E-state index contributed by atoms with van der Waals surface area (Å²) < 4.78 is 0. The van der Waals surface area contributed by atoms with Crippen LogP contribution in [0.2, 0.25) is 0 Å². The fourth-order valence-electron chi connectivity index (χ4n) is 2.60. The number of aromatic nitrogens is 1. The Morgan fingerprint density at radius 2 is 2.47 bits per heavy atom. The van der Waals surface area contributed by atoms with Gasteiger partial charge < -0.3 is 15.4 Å². The molecule has 3 N–H and O–H groups in total. The summed E-state index contributed by atoms with van der Waals surface area (Å²) in [5, 5.41) is 12.5. The number of aliphatic hydroxyl groups is 1.